The highest BCUT2D eigenvalue weighted by Crippen LogP contribution is 2.21. The highest BCUT2D eigenvalue weighted by Gasteiger charge is 2.25. The van der Waals surface area contributed by atoms with Crippen LogP contribution in [0.3, 0.4) is 0 Å². The van der Waals surface area contributed by atoms with Crippen molar-refractivity contribution in [3.8, 4) is 0 Å². The van der Waals surface area contributed by atoms with Gasteiger partial charge in [-0.25, -0.2) is 9.79 Å². The fourth-order valence-electron chi connectivity index (χ4n) is 2.35. The summed E-state index contributed by atoms with van der Waals surface area (Å²) in [6.45, 7) is 1.86. The first-order valence-electron chi connectivity index (χ1n) is 7.54. The number of hydrogen-bond donors (Lipinski definition) is 0. The largest absolute Gasteiger partial charge is 0.402 e. The van der Waals surface area contributed by atoms with Gasteiger partial charge in [0.05, 0.1) is 4.92 Å². The molecule has 0 radical (unpaired) electrons. The van der Waals surface area contributed by atoms with E-state index in [1.807, 2.05) is 43.3 Å². The Morgan fingerprint density at radius 1 is 1.16 bits per heavy atom. The van der Waals surface area contributed by atoms with Crippen LogP contribution in [0.4, 0.5) is 5.69 Å². The van der Waals surface area contributed by atoms with Crippen molar-refractivity contribution in [3.05, 3.63) is 93.2 Å². The Hall–Kier alpha value is -3.54. The zero-order chi connectivity index (χ0) is 17.8. The quantitative estimate of drug-likeness (QED) is 0.368. The predicted molar refractivity (Wildman–Crippen MR) is 93.9 cm³/mol. The van der Waals surface area contributed by atoms with Crippen LogP contribution >= 0.6 is 0 Å². The number of aliphatic imine (C=N–C) groups is 1. The van der Waals surface area contributed by atoms with Crippen molar-refractivity contribution >= 4 is 23.6 Å². The monoisotopic (exact) mass is 334 g/mol. The molecule has 6 nitrogen and oxygen atoms in total. The molecule has 0 fully saturated rings. The minimum atomic E-state index is -0.581. The third kappa shape index (κ3) is 3.87. The number of nitrogens with zero attached hydrogens (tertiary/aromatic N) is 2. The lowest BCUT2D eigenvalue weighted by Gasteiger charge is -1.98. The van der Waals surface area contributed by atoms with E-state index in [1.54, 1.807) is 12.1 Å². The second kappa shape index (κ2) is 6.92. The molecule has 0 unspecified atom stereocenters. The summed E-state index contributed by atoms with van der Waals surface area (Å²) in [6, 6.07) is 15.5. The SMILES string of the molecule is CC(=C/c1ccccc1)/C=C1\N=C(c2cccc([N+](=O)[O-])c2)OC1=O. The Labute approximate surface area is 143 Å². The summed E-state index contributed by atoms with van der Waals surface area (Å²) in [5, 5.41) is 10.9. The lowest BCUT2D eigenvalue weighted by molar-refractivity contribution is -0.384. The number of rotatable bonds is 4. The third-order valence-electron chi connectivity index (χ3n) is 3.48. The van der Waals surface area contributed by atoms with Crippen LogP contribution in [0.15, 0.2) is 76.9 Å². The smallest absolute Gasteiger partial charge is 0.363 e. The topological polar surface area (TPSA) is 81.8 Å². The van der Waals surface area contributed by atoms with Crippen LogP contribution in [-0.2, 0) is 9.53 Å². The first kappa shape index (κ1) is 16.3. The number of carbonyl (C=O) groups is 1. The maximum absolute atomic E-state index is 12.0. The Kier molecular flexibility index (Phi) is 4.52. The number of ether oxygens (including phenoxy) is 1. The Morgan fingerprint density at radius 2 is 1.92 bits per heavy atom. The van der Waals surface area contributed by atoms with Gasteiger partial charge in [-0.2, -0.15) is 0 Å². The molecule has 124 valence electrons. The minimum Gasteiger partial charge on any atom is -0.402 e. The molecule has 1 aliphatic heterocycles. The van der Waals surface area contributed by atoms with Crippen molar-refractivity contribution in [2.24, 2.45) is 4.99 Å². The lowest BCUT2D eigenvalue weighted by atomic mass is 10.1. The van der Waals surface area contributed by atoms with E-state index in [2.05, 4.69) is 4.99 Å². The second-order valence-electron chi connectivity index (χ2n) is 5.44. The average Bonchev–Trinajstić information content (AvgIpc) is 2.96. The molecule has 0 aromatic heterocycles. The summed E-state index contributed by atoms with van der Waals surface area (Å²) < 4.78 is 5.14. The molecular formula is C19H14N2O4. The zero-order valence-electron chi connectivity index (χ0n) is 13.4. The molecule has 0 saturated carbocycles. The van der Waals surface area contributed by atoms with Crippen LogP contribution in [0.25, 0.3) is 6.08 Å². The molecule has 2 aromatic rings. The van der Waals surface area contributed by atoms with Gasteiger partial charge in [0.15, 0.2) is 5.70 Å². The molecule has 0 bridgehead atoms. The summed E-state index contributed by atoms with van der Waals surface area (Å²) in [5.41, 5.74) is 2.30. The van der Waals surface area contributed by atoms with E-state index in [9.17, 15) is 14.9 Å². The highest BCUT2D eigenvalue weighted by atomic mass is 16.6. The van der Waals surface area contributed by atoms with E-state index in [4.69, 9.17) is 4.74 Å². The molecule has 1 heterocycles. The highest BCUT2D eigenvalue weighted by molar-refractivity contribution is 6.11. The zero-order valence-corrected chi connectivity index (χ0v) is 13.4. The molecule has 3 rings (SSSR count). The van der Waals surface area contributed by atoms with Crippen molar-refractivity contribution in [2.75, 3.05) is 0 Å². The number of allylic oxidation sites excluding steroid dienone is 2. The molecule has 0 amide bonds. The minimum absolute atomic E-state index is 0.0625. The Morgan fingerprint density at radius 3 is 2.64 bits per heavy atom. The second-order valence-corrected chi connectivity index (χ2v) is 5.44. The van der Waals surface area contributed by atoms with Gasteiger partial charge in [-0.05, 0) is 30.2 Å². The van der Waals surface area contributed by atoms with E-state index < -0.39 is 10.9 Å². The van der Waals surface area contributed by atoms with Crippen molar-refractivity contribution < 1.29 is 14.5 Å². The van der Waals surface area contributed by atoms with Crippen molar-refractivity contribution in [1.29, 1.82) is 0 Å². The number of nitro groups is 1. The van der Waals surface area contributed by atoms with E-state index in [0.717, 1.165) is 11.1 Å². The summed E-state index contributed by atoms with van der Waals surface area (Å²) in [4.78, 5) is 26.5. The lowest BCUT2D eigenvalue weighted by Crippen LogP contribution is -2.05. The normalized spacial score (nSPS) is 15.9. The van der Waals surface area contributed by atoms with Gasteiger partial charge >= 0.3 is 5.97 Å². The molecule has 0 N–H and O–H groups in total. The fourth-order valence-corrected chi connectivity index (χ4v) is 2.35. The molecular weight excluding hydrogens is 320 g/mol. The first-order valence-corrected chi connectivity index (χ1v) is 7.54. The summed E-state index contributed by atoms with van der Waals surface area (Å²) in [5.74, 6) is -0.519. The number of benzene rings is 2. The van der Waals surface area contributed by atoms with Crippen LogP contribution in [0.2, 0.25) is 0 Å². The Balaban J connectivity index is 1.88. The summed E-state index contributed by atoms with van der Waals surface area (Å²) in [7, 11) is 0. The van der Waals surface area contributed by atoms with E-state index in [0.29, 0.717) is 5.56 Å². The van der Waals surface area contributed by atoms with Gasteiger partial charge in [-0.3, -0.25) is 10.1 Å². The van der Waals surface area contributed by atoms with Gasteiger partial charge in [0.25, 0.3) is 5.69 Å². The molecule has 0 saturated heterocycles. The molecule has 25 heavy (non-hydrogen) atoms. The third-order valence-corrected chi connectivity index (χ3v) is 3.48. The molecule has 0 atom stereocenters. The summed E-state index contributed by atoms with van der Waals surface area (Å²) >= 11 is 0. The van der Waals surface area contributed by atoms with E-state index in [-0.39, 0.29) is 17.3 Å². The van der Waals surface area contributed by atoms with Gasteiger partial charge in [0, 0.05) is 17.7 Å². The molecule has 6 heteroatoms. The average molecular weight is 334 g/mol. The molecule has 0 spiro atoms. The number of cyclic esters (lactones) is 1. The number of nitro benzene ring substituents is 1. The number of non-ortho nitro benzene ring substituents is 1. The first-order chi connectivity index (χ1) is 12.0. The predicted octanol–water partition coefficient (Wildman–Crippen LogP) is 3.89. The van der Waals surface area contributed by atoms with Gasteiger partial charge in [-0.1, -0.05) is 42.5 Å². The van der Waals surface area contributed by atoms with Gasteiger partial charge in [0.2, 0.25) is 5.90 Å². The number of hydrogen-bond acceptors (Lipinski definition) is 5. The Bertz CT molecular complexity index is 927. The van der Waals surface area contributed by atoms with Crippen LogP contribution in [0, 0.1) is 10.1 Å². The van der Waals surface area contributed by atoms with Crippen molar-refractivity contribution in [3.63, 3.8) is 0 Å². The maximum atomic E-state index is 12.0. The fraction of sp³-hybridized carbons (Fsp3) is 0.0526. The van der Waals surface area contributed by atoms with Crippen LogP contribution in [-0.4, -0.2) is 16.8 Å². The van der Waals surface area contributed by atoms with Gasteiger partial charge < -0.3 is 4.74 Å². The number of esters is 1. The van der Waals surface area contributed by atoms with E-state index in [1.165, 1.54) is 18.2 Å². The van der Waals surface area contributed by atoms with Crippen LogP contribution < -0.4 is 0 Å². The number of carbonyl (C=O) groups excluding carboxylic acids is 1. The van der Waals surface area contributed by atoms with Crippen LogP contribution in [0.5, 0.6) is 0 Å². The summed E-state index contributed by atoms with van der Waals surface area (Å²) in [6.07, 6.45) is 3.54. The van der Waals surface area contributed by atoms with Gasteiger partial charge in [-0.15, -0.1) is 0 Å². The molecule has 0 aliphatic carbocycles. The van der Waals surface area contributed by atoms with Crippen molar-refractivity contribution in [1.82, 2.24) is 0 Å². The van der Waals surface area contributed by atoms with E-state index >= 15 is 0 Å². The standard InChI is InChI=1S/C19H14N2O4/c1-13(10-14-6-3-2-4-7-14)11-17-19(22)25-18(20-17)15-8-5-9-16(12-15)21(23)24/h2-12H,1H3/b13-10-,17-11-. The molecule has 2 aromatic carbocycles. The maximum Gasteiger partial charge on any atom is 0.363 e. The molecule has 1 aliphatic rings. The van der Waals surface area contributed by atoms with Gasteiger partial charge in [0.1, 0.15) is 0 Å². The van der Waals surface area contributed by atoms with Crippen LogP contribution in [0.1, 0.15) is 18.1 Å². The van der Waals surface area contributed by atoms with Crippen molar-refractivity contribution in [2.45, 2.75) is 6.92 Å².